The van der Waals surface area contributed by atoms with E-state index in [4.69, 9.17) is 11.6 Å². The van der Waals surface area contributed by atoms with Crippen molar-refractivity contribution in [3.63, 3.8) is 0 Å². The number of fused-ring (bicyclic) bond motifs is 1. The summed E-state index contributed by atoms with van der Waals surface area (Å²) >= 11 is 5.62. The SMILES string of the molecule is Cc1nc2cccc(F)c2c(F)c1Cl. The molecule has 14 heavy (non-hydrogen) atoms. The van der Waals surface area contributed by atoms with Gasteiger partial charge in [0, 0.05) is 0 Å². The molecule has 0 aliphatic heterocycles. The van der Waals surface area contributed by atoms with Gasteiger partial charge in [0.25, 0.3) is 0 Å². The van der Waals surface area contributed by atoms with Crippen molar-refractivity contribution < 1.29 is 8.78 Å². The van der Waals surface area contributed by atoms with Gasteiger partial charge in [-0.3, -0.25) is 4.98 Å². The van der Waals surface area contributed by atoms with Crippen molar-refractivity contribution in [2.75, 3.05) is 0 Å². The smallest absolute Gasteiger partial charge is 0.155 e. The molecule has 1 nitrogen and oxygen atoms in total. The highest BCUT2D eigenvalue weighted by molar-refractivity contribution is 6.32. The van der Waals surface area contributed by atoms with Crippen LogP contribution in [0.1, 0.15) is 5.69 Å². The lowest BCUT2D eigenvalue weighted by molar-refractivity contribution is 0.606. The Labute approximate surface area is 84.3 Å². The molecule has 72 valence electrons. The first kappa shape index (κ1) is 9.34. The van der Waals surface area contributed by atoms with E-state index in [1.54, 1.807) is 13.0 Å². The minimum atomic E-state index is -0.743. The van der Waals surface area contributed by atoms with Gasteiger partial charge in [0.1, 0.15) is 5.82 Å². The van der Waals surface area contributed by atoms with Gasteiger partial charge in [-0.15, -0.1) is 0 Å². The fraction of sp³-hybridized carbons (Fsp3) is 0.100. The maximum Gasteiger partial charge on any atom is 0.155 e. The molecule has 0 amide bonds. The molecule has 0 aliphatic carbocycles. The Morgan fingerprint density at radius 3 is 2.71 bits per heavy atom. The molecule has 0 unspecified atom stereocenters. The van der Waals surface area contributed by atoms with Crippen molar-refractivity contribution in [1.82, 2.24) is 4.98 Å². The monoisotopic (exact) mass is 213 g/mol. The third kappa shape index (κ3) is 1.24. The molecule has 1 heterocycles. The van der Waals surface area contributed by atoms with Crippen molar-refractivity contribution in [2.24, 2.45) is 0 Å². The number of hydrogen-bond donors (Lipinski definition) is 0. The van der Waals surface area contributed by atoms with Crippen molar-refractivity contribution >= 4 is 22.5 Å². The van der Waals surface area contributed by atoms with Crippen LogP contribution < -0.4 is 0 Å². The Balaban J connectivity index is 2.99. The number of nitrogens with zero attached hydrogens (tertiary/aromatic N) is 1. The van der Waals surface area contributed by atoms with E-state index in [9.17, 15) is 8.78 Å². The van der Waals surface area contributed by atoms with E-state index >= 15 is 0 Å². The summed E-state index contributed by atoms with van der Waals surface area (Å²) in [6.45, 7) is 1.58. The molecule has 0 spiro atoms. The van der Waals surface area contributed by atoms with Gasteiger partial charge in [-0.2, -0.15) is 0 Å². The zero-order valence-electron chi connectivity index (χ0n) is 7.31. The largest absolute Gasteiger partial charge is 0.251 e. The molecule has 1 aromatic carbocycles. The lowest BCUT2D eigenvalue weighted by Crippen LogP contribution is -1.93. The molecular formula is C10H6ClF2N. The fourth-order valence-electron chi connectivity index (χ4n) is 1.32. The highest BCUT2D eigenvalue weighted by atomic mass is 35.5. The van der Waals surface area contributed by atoms with E-state index in [2.05, 4.69) is 4.98 Å². The van der Waals surface area contributed by atoms with Crippen molar-refractivity contribution in [3.8, 4) is 0 Å². The Morgan fingerprint density at radius 1 is 1.29 bits per heavy atom. The number of halogens is 3. The molecule has 0 atom stereocenters. The van der Waals surface area contributed by atoms with Crippen LogP contribution in [0.15, 0.2) is 18.2 Å². The predicted octanol–water partition coefficient (Wildman–Crippen LogP) is 3.47. The normalized spacial score (nSPS) is 10.9. The van der Waals surface area contributed by atoms with Crippen LogP contribution in [0.2, 0.25) is 5.02 Å². The Kier molecular flexibility index (Phi) is 2.11. The Hall–Kier alpha value is -1.22. The van der Waals surface area contributed by atoms with E-state index < -0.39 is 11.6 Å². The van der Waals surface area contributed by atoms with Crippen LogP contribution >= 0.6 is 11.6 Å². The molecule has 2 aromatic rings. The molecule has 0 aliphatic rings. The van der Waals surface area contributed by atoms with Crippen LogP contribution in [-0.4, -0.2) is 4.98 Å². The van der Waals surface area contributed by atoms with Gasteiger partial charge in [-0.1, -0.05) is 17.7 Å². The van der Waals surface area contributed by atoms with Crippen LogP contribution in [0.5, 0.6) is 0 Å². The summed E-state index contributed by atoms with van der Waals surface area (Å²) in [4.78, 5) is 3.98. The zero-order valence-corrected chi connectivity index (χ0v) is 8.07. The molecule has 4 heteroatoms. The standard InChI is InChI=1S/C10H6ClF2N/c1-5-9(11)10(13)8-6(12)3-2-4-7(8)14-5/h2-4H,1H3. The van der Waals surface area contributed by atoms with Gasteiger partial charge in [0.15, 0.2) is 5.82 Å². The van der Waals surface area contributed by atoms with Gasteiger partial charge in [0.2, 0.25) is 0 Å². The molecule has 0 radical (unpaired) electrons. The topological polar surface area (TPSA) is 12.9 Å². The predicted molar refractivity (Wildman–Crippen MR) is 51.4 cm³/mol. The van der Waals surface area contributed by atoms with Crippen molar-refractivity contribution in [3.05, 3.63) is 40.6 Å². The second-order valence-corrected chi connectivity index (χ2v) is 3.34. The van der Waals surface area contributed by atoms with Gasteiger partial charge >= 0.3 is 0 Å². The third-order valence-corrected chi connectivity index (χ3v) is 2.45. The summed E-state index contributed by atoms with van der Waals surface area (Å²) in [5.74, 6) is -1.39. The average molecular weight is 214 g/mol. The molecule has 1 aromatic heterocycles. The van der Waals surface area contributed by atoms with Crippen LogP contribution in [-0.2, 0) is 0 Å². The lowest BCUT2D eigenvalue weighted by Gasteiger charge is -2.04. The van der Waals surface area contributed by atoms with Crippen molar-refractivity contribution in [1.29, 1.82) is 0 Å². The minimum Gasteiger partial charge on any atom is -0.251 e. The quantitative estimate of drug-likeness (QED) is 0.653. The highest BCUT2D eigenvalue weighted by Crippen LogP contribution is 2.27. The average Bonchev–Trinajstić information content (AvgIpc) is 2.14. The maximum absolute atomic E-state index is 13.5. The van der Waals surface area contributed by atoms with E-state index in [1.807, 2.05) is 0 Å². The number of aryl methyl sites for hydroxylation is 1. The van der Waals surface area contributed by atoms with E-state index in [0.717, 1.165) is 0 Å². The van der Waals surface area contributed by atoms with E-state index in [1.165, 1.54) is 12.1 Å². The van der Waals surface area contributed by atoms with Gasteiger partial charge in [-0.05, 0) is 19.1 Å². The minimum absolute atomic E-state index is 0.123. The van der Waals surface area contributed by atoms with E-state index in [-0.39, 0.29) is 15.9 Å². The second-order valence-electron chi connectivity index (χ2n) is 2.96. The first-order valence-electron chi connectivity index (χ1n) is 4.01. The van der Waals surface area contributed by atoms with Crippen LogP contribution in [0, 0.1) is 18.6 Å². The molecule has 0 N–H and O–H groups in total. The first-order valence-corrected chi connectivity index (χ1v) is 4.39. The first-order chi connectivity index (χ1) is 6.61. The second kappa shape index (κ2) is 3.17. The third-order valence-electron chi connectivity index (χ3n) is 2.01. The Bertz CT molecular complexity index is 511. The number of benzene rings is 1. The van der Waals surface area contributed by atoms with E-state index in [0.29, 0.717) is 5.69 Å². The molecule has 0 fully saturated rings. The maximum atomic E-state index is 13.5. The molecule has 2 rings (SSSR count). The van der Waals surface area contributed by atoms with Gasteiger partial charge in [-0.25, -0.2) is 8.78 Å². The number of pyridine rings is 1. The molecule has 0 saturated heterocycles. The Morgan fingerprint density at radius 2 is 2.00 bits per heavy atom. The molecule has 0 saturated carbocycles. The molecular weight excluding hydrogens is 208 g/mol. The summed E-state index contributed by atoms with van der Waals surface area (Å²) in [5.41, 5.74) is 0.645. The highest BCUT2D eigenvalue weighted by Gasteiger charge is 2.13. The number of hydrogen-bond acceptors (Lipinski definition) is 1. The fourth-order valence-corrected chi connectivity index (χ4v) is 1.46. The lowest BCUT2D eigenvalue weighted by atomic mass is 10.2. The summed E-state index contributed by atoms with van der Waals surface area (Å²) in [6.07, 6.45) is 0. The number of aromatic nitrogens is 1. The van der Waals surface area contributed by atoms with Gasteiger partial charge in [0.05, 0.1) is 21.6 Å². The number of rotatable bonds is 0. The summed E-state index contributed by atoms with van der Waals surface area (Å²) in [7, 11) is 0. The van der Waals surface area contributed by atoms with Crippen LogP contribution in [0.25, 0.3) is 10.9 Å². The van der Waals surface area contributed by atoms with Crippen LogP contribution in [0.4, 0.5) is 8.78 Å². The molecule has 0 bridgehead atoms. The summed E-state index contributed by atoms with van der Waals surface area (Å²) in [6, 6.07) is 4.21. The van der Waals surface area contributed by atoms with Gasteiger partial charge < -0.3 is 0 Å². The summed E-state index contributed by atoms with van der Waals surface area (Å²) in [5, 5.41) is -0.272. The zero-order chi connectivity index (χ0) is 10.3. The van der Waals surface area contributed by atoms with Crippen molar-refractivity contribution in [2.45, 2.75) is 6.92 Å². The van der Waals surface area contributed by atoms with Crippen LogP contribution in [0.3, 0.4) is 0 Å². The summed E-state index contributed by atoms with van der Waals surface area (Å²) < 4.78 is 26.7.